The van der Waals surface area contributed by atoms with Gasteiger partial charge in [-0.3, -0.25) is 0 Å². The molecule has 0 aliphatic carbocycles. The summed E-state index contributed by atoms with van der Waals surface area (Å²) in [6.45, 7) is 1.11. The number of carbonyl (C=O) groups is 1. The summed E-state index contributed by atoms with van der Waals surface area (Å²) in [6.07, 6.45) is 1.28. The van der Waals surface area contributed by atoms with Crippen LogP contribution in [0, 0.1) is 0 Å². The third kappa shape index (κ3) is 4.56. The lowest BCUT2D eigenvalue weighted by molar-refractivity contribution is 0.0697. The summed E-state index contributed by atoms with van der Waals surface area (Å²) in [4.78, 5) is 14.7. The van der Waals surface area contributed by atoms with Crippen LogP contribution in [0.15, 0.2) is 12.3 Å². The average molecular weight is 261 g/mol. The van der Waals surface area contributed by atoms with Gasteiger partial charge in [0.05, 0.1) is 30.4 Å². The maximum absolute atomic E-state index is 10.8. The SMILES string of the molecule is O=C(O)c1cc(NCCOCCO)ncc1Cl. The number of aliphatic hydroxyl groups is 1. The van der Waals surface area contributed by atoms with Crippen molar-refractivity contribution in [2.75, 3.05) is 31.7 Å². The number of ether oxygens (including phenoxy) is 1. The number of aliphatic hydroxyl groups excluding tert-OH is 1. The van der Waals surface area contributed by atoms with Gasteiger partial charge in [0, 0.05) is 12.7 Å². The number of rotatable bonds is 7. The van der Waals surface area contributed by atoms with Gasteiger partial charge in [0.1, 0.15) is 5.82 Å². The van der Waals surface area contributed by atoms with Crippen molar-refractivity contribution in [2.24, 2.45) is 0 Å². The van der Waals surface area contributed by atoms with Crippen molar-refractivity contribution in [3.05, 3.63) is 22.8 Å². The van der Waals surface area contributed by atoms with E-state index >= 15 is 0 Å². The third-order valence-electron chi connectivity index (χ3n) is 1.87. The average Bonchev–Trinajstić information content (AvgIpc) is 2.30. The van der Waals surface area contributed by atoms with Gasteiger partial charge in [0.15, 0.2) is 0 Å². The van der Waals surface area contributed by atoms with E-state index in [1.54, 1.807) is 0 Å². The topological polar surface area (TPSA) is 91.7 Å². The molecule has 0 amide bonds. The summed E-state index contributed by atoms with van der Waals surface area (Å²) >= 11 is 5.67. The van der Waals surface area contributed by atoms with Gasteiger partial charge >= 0.3 is 5.97 Å². The second-order valence-corrected chi connectivity index (χ2v) is 3.52. The lowest BCUT2D eigenvalue weighted by atomic mass is 10.2. The summed E-state index contributed by atoms with van der Waals surface area (Å²) in [7, 11) is 0. The Kier molecular flexibility index (Phi) is 5.68. The van der Waals surface area contributed by atoms with Crippen LogP contribution in [0.4, 0.5) is 5.82 Å². The molecule has 0 saturated carbocycles. The molecule has 0 atom stereocenters. The highest BCUT2D eigenvalue weighted by molar-refractivity contribution is 6.33. The van der Waals surface area contributed by atoms with Crippen LogP contribution in [0.3, 0.4) is 0 Å². The van der Waals surface area contributed by atoms with Crippen molar-refractivity contribution in [2.45, 2.75) is 0 Å². The fourth-order valence-corrected chi connectivity index (χ4v) is 1.30. The highest BCUT2D eigenvalue weighted by Gasteiger charge is 2.09. The molecule has 0 aliphatic heterocycles. The Morgan fingerprint density at radius 2 is 2.29 bits per heavy atom. The molecule has 0 spiro atoms. The number of nitrogens with zero attached hydrogens (tertiary/aromatic N) is 1. The summed E-state index contributed by atoms with van der Waals surface area (Å²) in [5, 5.41) is 20.3. The number of aromatic carboxylic acids is 1. The number of carboxylic acid groups (broad SMARTS) is 1. The minimum absolute atomic E-state index is 0.000410. The van der Waals surface area contributed by atoms with Crippen LogP contribution < -0.4 is 5.32 Å². The summed E-state index contributed by atoms with van der Waals surface area (Å²) < 4.78 is 5.02. The van der Waals surface area contributed by atoms with Gasteiger partial charge in [0.25, 0.3) is 0 Å². The van der Waals surface area contributed by atoms with E-state index in [-0.39, 0.29) is 23.8 Å². The van der Waals surface area contributed by atoms with Crippen molar-refractivity contribution < 1.29 is 19.7 Å². The first kappa shape index (κ1) is 13.7. The molecule has 6 nitrogen and oxygen atoms in total. The Balaban J connectivity index is 2.49. The molecule has 0 aromatic carbocycles. The molecule has 0 saturated heterocycles. The van der Waals surface area contributed by atoms with Gasteiger partial charge in [0.2, 0.25) is 0 Å². The van der Waals surface area contributed by atoms with E-state index < -0.39 is 5.97 Å². The van der Waals surface area contributed by atoms with E-state index in [0.717, 1.165) is 0 Å². The zero-order valence-corrected chi connectivity index (χ0v) is 9.78. The van der Waals surface area contributed by atoms with Crippen LogP contribution in [0.25, 0.3) is 0 Å². The van der Waals surface area contributed by atoms with E-state index in [0.29, 0.717) is 19.0 Å². The minimum Gasteiger partial charge on any atom is -0.478 e. The monoisotopic (exact) mass is 260 g/mol. The summed E-state index contributed by atoms with van der Waals surface area (Å²) in [6, 6.07) is 1.36. The normalized spacial score (nSPS) is 10.2. The number of pyridine rings is 1. The van der Waals surface area contributed by atoms with Crippen LogP contribution in [-0.2, 0) is 4.74 Å². The highest BCUT2D eigenvalue weighted by Crippen LogP contribution is 2.17. The zero-order chi connectivity index (χ0) is 12.7. The van der Waals surface area contributed by atoms with Crippen LogP contribution in [-0.4, -0.2) is 47.5 Å². The summed E-state index contributed by atoms with van der Waals surface area (Å²) in [5.74, 6) is -0.684. The Bertz CT molecular complexity index is 387. The molecule has 1 aromatic heterocycles. The van der Waals surface area contributed by atoms with Crippen LogP contribution in [0.2, 0.25) is 5.02 Å². The highest BCUT2D eigenvalue weighted by atomic mass is 35.5. The molecule has 0 fully saturated rings. The largest absolute Gasteiger partial charge is 0.478 e. The second-order valence-electron chi connectivity index (χ2n) is 3.12. The molecule has 17 heavy (non-hydrogen) atoms. The zero-order valence-electron chi connectivity index (χ0n) is 9.02. The molecule has 1 heterocycles. The van der Waals surface area contributed by atoms with E-state index in [2.05, 4.69) is 10.3 Å². The van der Waals surface area contributed by atoms with Crippen molar-refractivity contribution in [1.29, 1.82) is 0 Å². The first-order chi connectivity index (χ1) is 8.15. The number of nitrogens with one attached hydrogen (secondary N) is 1. The number of carboxylic acids is 1. The maximum atomic E-state index is 10.8. The molecular formula is C10H13ClN2O4. The van der Waals surface area contributed by atoms with Crippen molar-refractivity contribution in [3.63, 3.8) is 0 Å². The van der Waals surface area contributed by atoms with E-state index in [1.807, 2.05) is 0 Å². The van der Waals surface area contributed by atoms with Crippen molar-refractivity contribution in [1.82, 2.24) is 4.98 Å². The van der Waals surface area contributed by atoms with E-state index in [4.69, 9.17) is 26.6 Å². The number of anilines is 1. The standard InChI is InChI=1S/C10H13ClN2O4/c11-8-6-13-9(5-7(8)10(15)16)12-1-3-17-4-2-14/h5-6,14H,1-4H2,(H,12,13)(H,15,16). The Labute approximate surface area is 103 Å². The number of aromatic nitrogens is 1. The predicted octanol–water partition coefficient (Wildman–Crippen LogP) is 0.854. The van der Waals surface area contributed by atoms with Gasteiger partial charge < -0.3 is 20.3 Å². The Morgan fingerprint density at radius 1 is 1.53 bits per heavy atom. The van der Waals surface area contributed by atoms with E-state index in [1.165, 1.54) is 12.3 Å². The fourth-order valence-electron chi connectivity index (χ4n) is 1.12. The summed E-state index contributed by atoms with van der Waals surface area (Å²) in [5.41, 5.74) is 0.000410. The van der Waals surface area contributed by atoms with Gasteiger partial charge in [-0.15, -0.1) is 0 Å². The van der Waals surface area contributed by atoms with Crippen molar-refractivity contribution in [3.8, 4) is 0 Å². The van der Waals surface area contributed by atoms with Crippen molar-refractivity contribution >= 4 is 23.4 Å². The molecule has 1 aromatic rings. The lowest BCUT2D eigenvalue weighted by Crippen LogP contribution is -2.12. The quantitative estimate of drug-likeness (QED) is 0.630. The lowest BCUT2D eigenvalue weighted by Gasteiger charge is -2.07. The molecule has 0 radical (unpaired) electrons. The second kappa shape index (κ2) is 7.05. The molecule has 3 N–H and O–H groups in total. The number of hydrogen-bond acceptors (Lipinski definition) is 5. The Morgan fingerprint density at radius 3 is 2.94 bits per heavy atom. The van der Waals surface area contributed by atoms with Gasteiger partial charge in [-0.1, -0.05) is 11.6 Å². The molecule has 7 heteroatoms. The smallest absolute Gasteiger partial charge is 0.337 e. The maximum Gasteiger partial charge on any atom is 0.337 e. The van der Waals surface area contributed by atoms with Crippen LogP contribution in [0.5, 0.6) is 0 Å². The van der Waals surface area contributed by atoms with Gasteiger partial charge in [-0.05, 0) is 6.07 Å². The first-order valence-corrected chi connectivity index (χ1v) is 5.34. The first-order valence-electron chi connectivity index (χ1n) is 4.96. The van der Waals surface area contributed by atoms with Crippen LogP contribution >= 0.6 is 11.6 Å². The Hall–Kier alpha value is -1.37. The molecule has 0 unspecified atom stereocenters. The van der Waals surface area contributed by atoms with Gasteiger partial charge in [-0.2, -0.15) is 0 Å². The molecule has 0 bridgehead atoms. The van der Waals surface area contributed by atoms with Crippen LogP contribution in [0.1, 0.15) is 10.4 Å². The third-order valence-corrected chi connectivity index (χ3v) is 2.18. The molecular weight excluding hydrogens is 248 g/mol. The fraction of sp³-hybridized carbons (Fsp3) is 0.400. The number of halogens is 1. The molecule has 0 aliphatic rings. The predicted molar refractivity (Wildman–Crippen MR) is 62.6 cm³/mol. The number of hydrogen-bond donors (Lipinski definition) is 3. The van der Waals surface area contributed by atoms with Gasteiger partial charge in [-0.25, -0.2) is 9.78 Å². The molecule has 94 valence electrons. The minimum atomic E-state index is -1.10. The molecule has 1 rings (SSSR count). The van der Waals surface area contributed by atoms with E-state index in [9.17, 15) is 4.79 Å².